The third kappa shape index (κ3) is 4.67. The number of thioether (sulfide) groups is 1. The lowest BCUT2D eigenvalue weighted by molar-refractivity contribution is 0.0859. The van der Waals surface area contributed by atoms with Gasteiger partial charge in [-0.1, -0.05) is 13.0 Å². The second-order valence-corrected chi connectivity index (χ2v) is 4.16. The van der Waals surface area contributed by atoms with Crippen LogP contribution in [-0.4, -0.2) is 30.4 Å². The molecule has 0 fully saturated rings. The first kappa shape index (κ1) is 11.6. The maximum absolute atomic E-state index is 11.2. The summed E-state index contributed by atoms with van der Waals surface area (Å²) in [7, 11) is 0. The molecule has 0 radical (unpaired) electrons. The molecular weight excluding hydrogens is 200 g/mol. The normalized spacial score (nSPS) is 24.8. The van der Waals surface area contributed by atoms with Crippen molar-refractivity contribution in [2.75, 3.05) is 19.0 Å². The fourth-order valence-corrected chi connectivity index (χ4v) is 1.60. The Bertz CT molecular complexity index is 204. The average Bonchev–Trinajstić information content (AvgIpc) is 2.10. The number of carbonyl (C=O) groups is 1. The highest BCUT2D eigenvalue weighted by Crippen LogP contribution is 2.12. The summed E-state index contributed by atoms with van der Waals surface area (Å²) in [6.45, 7) is 3.36. The third-order valence-corrected chi connectivity index (χ3v) is 2.46. The van der Waals surface area contributed by atoms with Crippen LogP contribution in [-0.2, 0) is 9.47 Å². The van der Waals surface area contributed by atoms with E-state index in [0.29, 0.717) is 6.61 Å². The molecule has 14 heavy (non-hydrogen) atoms. The lowest BCUT2D eigenvalue weighted by atomic mass is 10.2. The maximum Gasteiger partial charge on any atom is 0.367 e. The van der Waals surface area contributed by atoms with Gasteiger partial charge in [0.25, 0.3) is 0 Å². The largest absolute Gasteiger partial charge is 0.450 e. The summed E-state index contributed by atoms with van der Waals surface area (Å²) < 4.78 is 10.5. The van der Waals surface area contributed by atoms with Crippen LogP contribution >= 0.6 is 11.8 Å². The van der Waals surface area contributed by atoms with E-state index in [9.17, 15) is 4.79 Å². The van der Waals surface area contributed by atoms with E-state index in [-0.39, 0.29) is 11.4 Å². The smallest absolute Gasteiger partial charge is 0.367 e. The Morgan fingerprint density at radius 2 is 2.50 bits per heavy atom. The molecule has 1 unspecified atom stereocenters. The number of ether oxygens (including phenoxy) is 2. The standard InChI is InChI=1S/C10H16O3S/c1-2-14-10(11)13-9-5-3-4-7-12-8-6-9/h3,5,9H,2,4,6-8H2,1H3/b5-3+. The highest BCUT2D eigenvalue weighted by atomic mass is 32.2. The summed E-state index contributed by atoms with van der Waals surface area (Å²) in [4.78, 5) is 11.2. The van der Waals surface area contributed by atoms with Gasteiger partial charge in [0.05, 0.1) is 13.2 Å². The highest BCUT2D eigenvalue weighted by molar-refractivity contribution is 8.13. The molecular formula is C10H16O3S. The zero-order chi connectivity index (χ0) is 10.2. The highest BCUT2D eigenvalue weighted by Gasteiger charge is 2.12. The van der Waals surface area contributed by atoms with Crippen molar-refractivity contribution in [3.63, 3.8) is 0 Å². The van der Waals surface area contributed by atoms with Crippen LogP contribution in [0.1, 0.15) is 19.8 Å². The second-order valence-electron chi connectivity index (χ2n) is 2.96. The lowest BCUT2D eigenvalue weighted by Gasteiger charge is -2.15. The fourth-order valence-electron chi connectivity index (χ4n) is 1.17. The first-order valence-corrected chi connectivity index (χ1v) is 5.89. The average molecular weight is 216 g/mol. The molecule has 0 aliphatic carbocycles. The molecule has 0 N–H and O–H groups in total. The van der Waals surface area contributed by atoms with Crippen molar-refractivity contribution in [2.45, 2.75) is 25.9 Å². The molecule has 80 valence electrons. The van der Waals surface area contributed by atoms with Gasteiger partial charge in [-0.25, -0.2) is 4.79 Å². The van der Waals surface area contributed by atoms with Gasteiger partial charge in [-0.3, -0.25) is 0 Å². The summed E-state index contributed by atoms with van der Waals surface area (Å²) in [5.74, 6) is 0.756. The Hall–Kier alpha value is -0.480. The minimum Gasteiger partial charge on any atom is -0.450 e. The van der Waals surface area contributed by atoms with Crippen LogP contribution < -0.4 is 0 Å². The zero-order valence-electron chi connectivity index (χ0n) is 8.40. The number of rotatable bonds is 2. The molecule has 1 rings (SSSR count). The van der Waals surface area contributed by atoms with E-state index in [1.807, 2.05) is 19.1 Å². The van der Waals surface area contributed by atoms with Crippen LogP contribution in [0.4, 0.5) is 4.79 Å². The van der Waals surface area contributed by atoms with Crippen molar-refractivity contribution in [1.29, 1.82) is 0 Å². The number of carbonyl (C=O) groups excluding carboxylic acids is 1. The molecule has 0 saturated carbocycles. The van der Waals surface area contributed by atoms with Crippen LogP contribution in [0.2, 0.25) is 0 Å². The Balaban J connectivity index is 2.33. The van der Waals surface area contributed by atoms with Gasteiger partial charge in [-0.05, 0) is 24.3 Å². The number of hydrogen-bond acceptors (Lipinski definition) is 4. The Labute approximate surface area is 88.8 Å². The first-order valence-electron chi connectivity index (χ1n) is 4.90. The molecule has 0 bridgehead atoms. The van der Waals surface area contributed by atoms with Gasteiger partial charge >= 0.3 is 5.30 Å². The van der Waals surface area contributed by atoms with Crippen LogP contribution in [0, 0.1) is 0 Å². The third-order valence-electron chi connectivity index (χ3n) is 1.84. The first-order chi connectivity index (χ1) is 6.83. The van der Waals surface area contributed by atoms with Crippen molar-refractivity contribution in [3.05, 3.63) is 12.2 Å². The van der Waals surface area contributed by atoms with Gasteiger partial charge in [0, 0.05) is 12.2 Å². The molecule has 1 aliphatic heterocycles. The van der Waals surface area contributed by atoms with Gasteiger partial charge in [0.15, 0.2) is 0 Å². The summed E-state index contributed by atoms with van der Waals surface area (Å²) in [6, 6.07) is 0. The van der Waals surface area contributed by atoms with Crippen LogP contribution in [0.3, 0.4) is 0 Å². The summed E-state index contributed by atoms with van der Waals surface area (Å²) in [5.41, 5.74) is 0. The van der Waals surface area contributed by atoms with Crippen molar-refractivity contribution < 1.29 is 14.3 Å². The molecule has 0 saturated heterocycles. The van der Waals surface area contributed by atoms with Crippen molar-refractivity contribution in [1.82, 2.24) is 0 Å². The summed E-state index contributed by atoms with van der Waals surface area (Å²) in [6.07, 6.45) is 5.51. The second kappa shape index (κ2) is 6.90. The fraction of sp³-hybridized carbons (Fsp3) is 0.700. The van der Waals surface area contributed by atoms with E-state index in [4.69, 9.17) is 9.47 Å². The Morgan fingerprint density at radius 3 is 3.29 bits per heavy atom. The molecule has 1 atom stereocenters. The molecule has 0 aromatic heterocycles. The molecule has 1 heterocycles. The van der Waals surface area contributed by atoms with Crippen LogP contribution in [0.15, 0.2) is 12.2 Å². The van der Waals surface area contributed by atoms with E-state index < -0.39 is 0 Å². The summed E-state index contributed by atoms with van der Waals surface area (Å²) >= 11 is 1.20. The van der Waals surface area contributed by atoms with Gasteiger partial charge in [-0.15, -0.1) is 0 Å². The lowest BCUT2D eigenvalue weighted by Crippen LogP contribution is -2.17. The van der Waals surface area contributed by atoms with E-state index in [0.717, 1.165) is 25.2 Å². The Morgan fingerprint density at radius 1 is 1.64 bits per heavy atom. The van der Waals surface area contributed by atoms with E-state index in [2.05, 4.69) is 0 Å². The van der Waals surface area contributed by atoms with Crippen LogP contribution in [0.5, 0.6) is 0 Å². The monoisotopic (exact) mass is 216 g/mol. The van der Waals surface area contributed by atoms with Gasteiger partial charge in [0.2, 0.25) is 0 Å². The SMILES string of the molecule is CCSC(=O)OC1/C=C/CCOCC1. The zero-order valence-corrected chi connectivity index (χ0v) is 9.22. The topological polar surface area (TPSA) is 35.5 Å². The van der Waals surface area contributed by atoms with Gasteiger partial charge in [0.1, 0.15) is 6.10 Å². The van der Waals surface area contributed by atoms with Gasteiger partial charge < -0.3 is 9.47 Å². The molecule has 4 heteroatoms. The van der Waals surface area contributed by atoms with E-state index in [1.54, 1.807) is 0 Å². The molecule has 0 aromatic rings. The minimum atomic E-state index is -0.192. The van der Waals surface area contributed by atoms with Crippen molar-refractivity contribution in [3.8, 4) is 0 Å². The molecule has 0 aromatic carbocycles. The molecule has 1 aliphatic rings. The number of hydrogen-bond donors (Lipinski definition) is 0. The predicted molar refractivity (Wildman–Crippen MR) is 57.6 cm³/mol. The van der Waals surface area contributed by atoms with Crippen molar-refractivity contribution >= 4 is 17.1 Å². The molecule has 0 spiro atoms. The maximum atomic E-state index is 11.2. The summed E-state index contributed by atoms with van der Waals surface area (Å²) in [5, 5.41) is -0.192. The predicted octanol–water partition coefficient (Wildman–Crippen LogP) is 2.61. The van der Waals surface area contributed by atoms with Crippen LogP contribution in [0.25, 0.3) is 0 Å². The van der Waals surface area contributed by atoms with E-state index >= 15 is 0 Å². The Kier molecular flexibility index (Phi) is 5.71. The van der Waals surface area contributed by atoms with Gasteiger partial charge in [-0.2, -0.15) is 0 Å². The van der Waals surface area contributed by atoms with Crippen molar-refractivity contribution in [2.24, 2.45) is 0 Å². The molecule has 3 nitrogen and oxygen atoms in total. The minimum absolute atomic E-state index is 0.109. The van der Waals surface area contributed by atoms with E-state index in [1.165, 1.54) is 11.8 Å². The quantitative estimate of drug-likeness (QED) is 0.525. The molecule has 0 amide bonds.